The fourth-order valence-electron chi connectivity index (χ4n) is 2.15. The van der Waals surface area contributed by atoms with Crippen LogP contribution in [0.5, 0.6) is 0 Å². The zero-order chi connectivity index (χ0) is 12.1. The highest BCUT2D eigenvalue weighted by Gasteiger charge is 2.10. The molecule has 1 aliphatic rings. The fourth-order valence-corrected chi connectivity index (χ4v) is 2.39. The Morgan fingerprint density at radius 1 is 1.29 bits per heavy atom. The molecule has 17 heavy (non-hydrogen) atoms. The zero-order valence-electron chi connectivity index (χ0n) is 9.88. The highest BCUT2D eigenvalue weighted by Crippen LogP contribution is 2.19. The normalized spacial score (nSPS) is 16.4. The van der Waals surface area contributed by atoms with Crippen molar-refractivity contribution >= 4 is 21.6 Å². The Kier molecular flexibility index (Phi) is 4.80. The van der Waals surface area contributed by atoms with Crippen LogP contribution in [0.1, 0.15) is 19.3 Å². The smallest absolute Gasteiger partial charge is 0.139 e. The lowest BCUT2D eigenvalue weighted by Crippen LogP contribution is -2.22. The Labute approximate surface area is 110 Å². The van der Waals surface area contributed by atoms with E-state index < -0.39 is 0 Å². The summed E-state index contributed by atoms with van der Waals surface area (Å²) < 4.78 is 13.8. The van der Waals surface area contributed by atoms with Crippen molar-refractivity contribution in [1.82, 2.24) is 4.90 Å². The number of anilines is 1. The van der Waals surface area contributed by atoms with Crippen molar-refractivity contribution in [2.75, 3.05) is 31.5 Å². The van der Waals surface area contributed by atoms with E-state index in [1.807, 2.05) is 6.07 Å². The quantitative estimate of drug-likeness (QED) is 0.838. The van der Waals surface area contributed by atoms with Crippen LogP contribution >= 0.6 is 15.9 Å². The van der Waals surface area contributed by atoms with Gasteiger partial charge in [-0.2, -0.15) is 0 Å². The van der Waals surface area contributed by atoms with Crippen LogP contribution in [-0.4, -0.2) is 31.1 Å². The van der Waals surface area contributed by atoms with E-state index in [-0.39, 0.29) is 5.82 Å². The molecule has 0 atom stereocenters. The summed E-state index contributed by atoms with van der Waals surface area (Å²) in [6, 6.07) is 5.15. The average molecular weight is 301 g/mol. The SMILES string of the molecule is Fc1cc(NCCCN2CCCC2)ccc1Br. The molecular formula is C13H18BrFN2. The minimum atomic E-state index is -0.213. The maximum absolute atomic E-state index is 13.2. The number of hydrogen-bond donors (Lipinski definition) is 1. The zero-order valence-corrected chi connectivity index (χ0v) is 11.5. The van der Waals surface area contributed by atoms with Gasteiger partial charge in [0, 0.05) is 12.2 Å². The number of nitrogens with one attached hydrogen (secondary N) is 1. The molecule has 0 aromatic heterocycles. The molecule has 1 N–H and O–H groups in total. The van der Waals surface area contributed by atoms with Crippen molar-refractivity contribution in [2.24, 2.45) is 0 Å². The Bertz CT molecular complexity index is 364. The van der Waals surface area contributed by atoms with Gasteiger partial charge in [-0.1, -0.05) is 0 Å². The van der Waals surface area contributed by atoms with Gasteiger partial charge < -0.3 is 10.2 Å². The highest BCUT2D eigenvalue weighted by atomic mass is 79.9. The summed E-state index contributed by atoms with van der Waals surface area (Å²) in [5.41, 5.74) is 0.854. The lowest BCUT2D eigenvalue weighted by atomic mass is 10.3. The van der Waals surface area contributed by atoms with Gasteiger partial charge in [-0.25, -0.2) is 4.39 Å². The second-order valence-electron chi connectivity index (χ2n) is 4.46. The second-order valence-corrected chi connectivity index (χ2v) is 5.31. The first-order valence-electron chi connectivity index (χ1n) is 6.17. The van der Waals surface area contributed by atoms with Crippen molar-refractivity contribution in [3.05, 3.63) is 28.5 Å². The van der Waals surface area contributed by atoms with E-state index in [2.05, 4.69) is 26.1 Å². The Morgan fingerprint density at radius 2 is 2.06 bits per heavy atom. The molecule has 94 valence electrons. The molecule has 0 saturated carbocycles. The molecule has 2 nitrogen and oxygen atoms in total. The molecule has 1 heterocycles. The van der Waals surface area contributed by atoms with Gasteiger partial charge in [-0.05, 0) is 73.0 Å². The van der Waals surface area contributed by atoms with E-state index in [0.717, 1.165) is 25.2 Å². The maximum Gasteiger partial charge on any atom is 0.139 e. The molecule has 1 aromatic rings. The third-order valence-electron chi connectivity index (χ3n) is 3.10. The first-order chi connectivity index (χ1) is 8.25. The monoisotopic (exact) mass is 300 g/mol. The average Bonchev–Trinajstić information content (AvgIpc) is 2.82. The molecule has 0 unspecified atom stereocenters. The molecule has 1 aromatic carbocycles. The maximum atomic E-state index is 13.2. The van der Waals surface area contributed by atoms with E-state index in [1.165, 1.54) is 32.0 Å². The number of likely N-dealkylation sites (tertiary alicyclic amines) is 1. The van der Waals surface area contributed by atoms with Crippen LogP contribution in [0.25, 0.3) is 0 Å². The third kappa shape index (κ3) is 3.96. The van der Waals surface area contributed by atoms with Gasteiger partial charge in [0.15, 0.2) is 0 Å². The summed E-state index contributed by atoms with van der Waals surface area (Å²) in [7, 11) is 0. The number of benzene rings is 1. The standard InChI is InChI=1S/C13H18BrFN2/c14-12-5-4-11(10-13(12)15)16-6-3-9-17-7-1-2-8-17/h4-5,10,16H,1-3,6-9H2. The lowest BCUT2D eigenvalue weighted by molar-refractivity contribution is 0.337. The summed E-state index contributed by atoms with van der Waals surface area (Å²) in [6.45, 7) is 4.53. The van der Waals surface area contributed by atoms with Gasteiger partial charge in [0.25, 0.3) is 0 Å². The van der Waals surface area contributed by atoms with Gasteiger partial charge in [0.05, 0.1) is 4.47 Å². The van der Waals surface area contributed by atoms with Crippen molar-refractivity contribution in [1.29, 1.82) is 0 Å². The van der Waals surface area contributed by atoms with Gasteiger partial charge >= 0.3 is 0 Å². The molecule has 0 bridgehead atoms. The molecule has 0 spiro atoms. The van der Waals surface area contributed by atoms with Crippen LogP contribution in [0.4, 0.5) is 10.1 Å². The first kappa shape index (κ1) is 12.8. The number of rotatable bonds is 5. The lowest BCUT2D eigenvalue weighted by Gasteiger charge is -2.14. The Balaban J connectivity index is 1.68. The van der Waals surface area contributed by atoms with E-state index in [1.54, 1.807) is 6.07 Å². The Morgan fingerprint density at radius 3 is 2.76 bits per heavy atom. The summed E-state index contributed by atoms with van der Waals surface area (Å²) in [5, 5.41) is 3.25. The molecule has 1 aliphatic heterocycles. The predicted molar refractivity (Wildman–Crippen MR) is 72.9 cm³/mol. The second kappa shape index (κ2) is 6.36. The largest absolute Gasteiger partial charge is 0.385 e. The van der Waals surface area contributed by atoms with Crippen LogP contribution < -0.4 is 5.32 Å². The number of nitrogens with zero attached hydrogens (tertiary/aromatic N) is 1. The number of hydrogen-bond acceptors (Lipinski definition) is 2. The first-order valence-corrected chi connectivity index (χ1v) is 6.96. The van der Waals surface area contributed by atoms with Crippen LogP contribution in [0.3, 0.4) is 0 Å². The van der Waals surface area contributed by atoms with Gasteiger partial charge in [-0.3, -0.25) is 0 Å². The van der Waals surface area contributed by atoms with Gasteiger partial charge in [-0.15, -0.1) is 0 Å². The molecular weight excluding hydrogens is 283 g/mol. The fraction of sp³-hybridized carbons (Fsp3) is 0.538. The third-order valence-corrected chi connectivity index (χ3v) is 3.74. The van der Waals surface area contributed by atoms with Crippen molar-refractivity contribution in [3.63, 3.8) is 0 Å². The van der Waals surface area contributed by atoms with Crippen LogP contribution in [0.15, 0.2) is 22.7 Å². The topological polar surface area (TPSA) is 15.3 Å². The molecule has 0 radical (unpaired) electrons. The van der Waals surface area contributed by atoms with E-state index in [0.29, 0.717) is 4.47 Å². The summed E-state index contributed by atoms with van der Waals surface area (Å²) in [6.07, 6.45) is 3.79. The molecule has 4 heteroatoms. The molecule has 2 rings (SSSR count). The minimum absolute atomic E-state index is 0.213. The minimum Gasteiger partial charge on any atom is -0.385 e. The molecule has 1 saturated heterocycles. The predicted octanol–water partition coefficient (Wildman–Crippen LogP) is 3.49. The van der Waals surface area contributed by atoms with Crippen molar-refractivity contribution < 1.29 is 4.39 Å². The summed E-state index contributed by atoms with van der Waals surface area (Å²) in [5.74, 6) is -0.213. The summed E-state index contributed by atoms with van der Waals surface area (Å²) >= 11 is 3.15. The van der Waals surface area contributed by atoms with Crippen LogP contribution in [-0.2, 0) is 0 Å². The van der Waals surface area contributed by atoms with E-state index >= 15 is 0 Å². The summed E-state index contributed by atoms with van der Waals surface area (Å²) in [4.78, 5) is 2.49. The van der Waals surface area contributed by atoms with Crippen molar-refractivity contribution in [2.45, 2.75) is 19.3 Å². The van der Waals surface area contributed by atoms with Gasteiger partial charge in [0.2, 0.25) is 0 Å². The Hall–Kier alpha value is -0.610. The molecule has 0 amide bonds. The molecule has 0 aliphatic carbocycles. The van der Waals surface area contributed by atoms with E-state index in [4.69, 9.17) is 0 Å². The van der Waals surface area contributed by atoms with Crippen molar-refractivity contribution in [3.8, 4) is 0 Å². The number of halogens is 2. The highest BCUT2D eigenvalue weighted by molar-refractivity contribution is 9.10. The van der Waals surface area contributed by atoms with Crippen LogP contribution in [0, 0.1) is 5.82 Å². The van der Waals surface area contributed by atoms with E-state index in [9.17, 15) is 4.39 Å². The van der Waals surface area contributed by atoms with Crippen LogP contribution in [0.2, 0.25) is 0 Å². The molecule has 1 fully saturated rings. The van der Waals surface area contributed by atoms with Gasteiger partial charge in [0.1, 0.15) is 5.82 Å².